The van der Waals surface area contributed by atoms with E-state index in [2.05, 4.69) is 21.2 Å². The first-order chi connectivity index (χ1) is 8.93. The van der Waals surface area contributed by atoms with Crippen LogP contribution in [0.1, 0.15) is 6.92 Å². The zero-order valence-electron chi connectivity index (χ0n) is 10.3. The number of amides is 1. The second kappa shape index (κ2) is 7.69. The van der Waals surface area contributed by atoms with Crippen molar-refractivity contribution in [2.45, 2.75) is 19.1 Å². The molecule has 0 bridgehead atoms. The Balaban J connectivity index is 2.54. The Bertz CT molecular complexity index is 444. The number of carbonyl (C=O) groups is 1. The quantitative estimate of drug-likeness (QED) is 0.722. The van der Waals surface area contributed by atoms with Crippen LogP contribution in [-0.2, 0) is 4.79 Å². The number of carbonyl (C=O) groups excluding carboxylic acids is 1. The molecule has 0 aliphatic rings. The molecule has 0 saturated heterocycles. The largest absolute Gasteiger partial charge is 0.480 e. The highest BCUT2D eigenvalue weighted by atomic mass is 79.9. The maximum absolute atomic E-state index is 11.7. The normalized spacial score (nSPS) is 13.7. The molecule has 0 saturated carbocycles. The maximum atomic E-state index is 11.7. The summed E-state index contributed by atoms with van der Waals surface area (Å²) in [6.45, 7) is 1.16. The van der Waals surface area contributed by atoms with Crippen LogP contribution in [-0.4, -0.2) is 41.5 Å². The molecule has 1 aromatic rings. The standard InChI is InChI=1S/C12H15BrClNO4/c1-7(12(18)15-5-9(17)6-16)19-11-3-2-8(14)4-10(11)13/h2-4,7,9,16-17H,5-6H2,1H3,(H,15,18). The predicted molar refractivity (Wildman–Crippen MR) is 75.3 cm³/mol. The van der Waals surface area contributed by atoms with Crippen LogP contribution in [0.15, 0.2) is 22.7 Å². The van der Waals surface area contributed by atoms with Crippen LogP contribution < -0.4 is 10.1 Å². The SMILES string of the molecule is CC(Oc1ccc(Cl)cc1Br)C(=O)NCC(O)CO. The van der Waals surface area contributed by atoms with Crippen molar-refractivity contribution in [1.29, 1.82) is 0 Å². The number of ether oxygens (including phenoxy) is 1. The lowest BCUT2D eigenvalue weighted by Crippen LogP contribution is -2.41. The second-order valence-corrected chi connectivity index (χ2v) is 5.21. The first-order valence-electron chi connectivity index (χ1n) is 5.62. The van der Waals surface area contributed by atoms with Crippen molar-refractivity contribution in [3.8, 4) is 5.75 Å². The lowest BCUT2D eigenvalue weighted by Gasteiger charge is -2.16. The molecule has 1 rings (SSSR count). The molecule has 1 aromatic carbocycles. The van der Waals surface area contributed by atoms with Gasteiger partial charge in [-0.25, -0.2) is 0 Å². The number of halogens is 2. The van der Waals surface area contributed by atoms with Crippen molar-refractivity contribution >= 4 is 33.4 Å². The summed E-state index contributed by atoms with van der Waals surface area (Å²) in [5.74, 6) is 0.115. The first-order valence-corrected chi connectivity index (χ1v) is 6.79. The summed E-state index contributed by atoms with van der Waals surface area (Å²) >= 11 is 9.08. The van der Waals surface area contributed by atoms with Crippen LogP contribution in [0.4, 0.5) is 0 Å². The third kappa shape index (κ3) is 5.36. The van der Waals surface area contributed by atoms with Gasteiger partial charge < -0.3 is 20.3 Å². The third-order valence-electron chi connectivity index (χ3n) is 2.29. The highest BCUT2D eigenvalue weighted by Gasteiger charge is 2.16. The van der Waals surface area contributed by atoms with Crippen LogP contribution in [0.2, 0.25) is 5.02 Å². The Morgan fingerprint density at radius 3 is 2.84 bits per heavy atom. The van der Waals surface area contributed by atoms with E-state index in [-0.39, 0.29) is 12.5 Å². The Morgan fingerprint density at radius 2 is 2.26 bits per heavy atom. The fraction of sp³-hybridized carbons (Fsp3) is 0.417. The monoisotopic (exact) mass is 351 g/mol. The lowest BCUT2D eigenvalue weighted by molar-refractivity contribution is -0.127. The van der Waals surface area contributed by atoms with Crippen LogP contribution in [0, 0.1) is 0 Å². The van der Waals surface area contributed by atoms with Gasteiger partial charge in [0.25, 0.3) is 5.91 Å². The Morgan fingerprint density at radius 1 is 1.58 bits per heavy atom. The molecule has 0 radical (unpaired) electrons. The summed E-state index contributed by atoms with van der Waals surface area (Å²) in [6, 6.07) is 4.97. The number of hydrogen-bond acceptors (Lipinski definition) is 4. The van der Waals surface area contributed by atoms with Crippen molar-refractivity contribution in [1.82, 2.24) is 5.32 Å². The predicted octanol–water partition coefficient (Wildman–Crippen LogP) is 1.34. The number of aliphatic hydroxyl groups excluding tert-OH is 2. The molecule has 0 spiro atoms. The van der Waals surface area contributed by atoms with E-state index in [1.165, 1.54) is 0 Å². The van der Waals surface area contributed by atoms with Crippen LogP contribution in [0.5, 0.6) is 5.75 Å². The Kier molecular flexibility index (Phi) is 6.57. The molecule has 3 N–H and O–H groups in total. The van der Waals surface area contributed by atoms with Gasteiger partial charge in [-0.05, 0) is 41.1 Å². The average molecular weight is 353 g/mol. The minimum Gasteiger partial charge on any atom is -0.480 e. The maximum Gasteiger partial charge on any atom is 0.260 e. The van der Waals surface area contributed by atoms with Crippen molar-refractivity contribution in [2.24, 2.45) is 0 Å². The van der Waals surface area contributed by atoms with Gasteiger partial charge in [0.15, 0.2) is 6.10 Å². The molecule has 7 heteroatoms. The van der Waals surface area contributed by atoms with E-state index < -0.39 is 18.8 Å². The second-order valence-electron chi connectivity index (χ2n) is 3.92. The highest BCUT2D eigenvalue weighted by molar-refractivity contribution is 9.10. The minimum absolute atomic E-state index is 0.0230. The summed E-state index contributed by atoms with van der Waals surface area (Å²) in [4.78, 5) is 11.7. The summed E-state index contributed by atoms with van der Waals surface area (Å²) in [7, 11) is 0. The summed E-state index contributed by atoms with van der Waals surface area (Å²) < 4.78 is 6.11. The Labute approximate surface area is 124 Å². The summed E-state index contributed by atoms with van der Waals surface area (Å²) in [5, 5.41) is 20.8. The van der Waals surface area contributed by atoms with Gasteiger partial charge in [0.1, 0.15) is 5.75 Å². The van der Waals surface area contributed by atoms with Gasteiger partial charge in [0.2, 0.25) is 0 Å². The van der Waals surface area contributed by atoms with Gasteiger partial charge in [0.05, 0.1) is 17.2 Å². The van der Waals surface area contributed by atoms with Crippen molar-refractivity contribution in [3.63, 3.8) is 0 Å². The zero-order chi connectivity index (χ0) is 14.4. The van der Waals surface area contributed by atoms with Crippen LogP contribution in [0.3, 0.4) is 0 Å². The number of nitrogens with one attached hydrogen (secondary N) is 1. The van der Waals surface area contributed by atoms with Gasteiger partial charge in [-0.3, -0.25) is 4.79 Å². The minimum atomic E-state index is -0.974. The molecule has 2 unspecified atom stereocenters. The van der Waals surface area contributed by atoms with Gasteiger partial charge >= 0.3 is 0 Å². The van der Waals surface area contributed by atoms with E-state index in [4.69, 9.17) is 26.6 Å². The Hall–Kier alpha value is -0.820. The molecule has 19 heavy (non-hydrogen) atoms. The van der Waals surface area contributed by atoms with Crippen LogP contribution in [0.25, 0.3) is 0 Å². The van der Waals surface area contributed by atoms with Gasteiger partial charge in [-0.2, -0.15) is 0 Å². The van der Waals surface area contributed by atoms with E-state index in [1.54, 1.807) is 25.1 Å². The molecular weight excluding hydrogens is 337 g/mol. The molecule has 0 aliphatic carbocycles. The molecule has 0 fully saturated rings. The molecule has 0 aliphatic heterocycles. The molecule has 2 atom stereocenters. The molecule has 106 valence electrons. The van der Waals surface area contributed by atoms with Crippen molar-refractivity contribution in [3.05, 3.63) is 27.7 Å². The smallest absolute Gasteiger partial charge is 0.260 e. The molecule has 5 nitrogen and oxygen atoms in total. The molecule has 0 aromatic heterocycles. The van der Waals surface area contributed by atoms with E-state index in [0.717, 1.165) is 0 Å². The number of rotatable bonds is 6. The number of hydrogen-bond donors (Lipinski definition) is 3. The average Bonchev–Trinajstić information content (AvgIpc) is 2.38. The topological polar surface area (TPSA) is 78.8 Å². The van der Waals surface area contributed by atoms with E-state index >= 15 is 0 Å². The fourth-order valence-corrected chi connectivity index (χ4v) is 2.02. The summed E-state index contributed by atoms with van der Waals surface area (Å²) in [6.07, 6.45) is -1.71. The highest BCUT2D eigenvalue weighted by Crippen LogP contribution is 2.28. The van der Waals surface area contributed by atoms with Crippen LogP contribution >= 0.6 is 27.5 Å². The lowest BCUT2D eigenvalue weighted by atomic mass is 10.3. The van der Waals surface area contributed by atoms with Crippen molar-refractivity contribution < 1.29 is 19.7 Å². The molecule has 0 heterocycles. The van der Waals surface area contributed by atoms with E-state index in [1.807, 2.05) is 0 Å². The third-order valence-corrected chi connectivity index (χ3v) is 3.14. The molecular formula is C12H15BrClNO4. The summed E-state index contributed by atoms with van der Waals surface area (Å²) in [5.41, 5.74) is 0. The van der Waals surface area contributed by atoms with Gasteiger partial charge in [0, 0.05) is 11.6 Å². The zero-order valence-corrected chi connectivity index (χ0v) is 12.6. The van der Waals surface area contributed by atoms with Gasteiger partial charge in [-0.1, -0.05) is 11.6 Å². The molecule has 1 amide bonds. The van der Waals surface area contributed by atoms with E-state index in [9.17, 15) is 4.79 Å². The first kappa shape index (κ1) is 16.2. The van der Waals surface area contributed by atoms with E-state index in [0.29, 0.717) is 15.2 Å². The number of aliphatic hydroxyl groups is 2. The fourth-order valence-electron chi connectivity index (χ4n) is 1.24. The number of benzene rings is 1. The van der Waals surface area contributed by atoms with Gasteiger partial charge in [-0.15, -0.1) is 0 Å². The van der Waals surface area contributed by atoms with Crippen molar-refractivity contribution in [2.75, 3.05) is 13.2 Å².